The highest BCUT2D eigenvalue weighted by atomic mass is 15.1. The van der Waals surface area contributed by atoms with Crippen LogP contribution < -0.4 is 4.90 Å². The van der Waals surface area contributed by atoms with Crippen molar-refractivity contribution in [3.63, 3.8) is 0 Å². The van der Waals surface area contributed by atoms with Crippen LogP contribution in [0.4, 0.5) is 17.1 Å². The van der Waals surface area contributed by atoms with Gasteiger partial charge in [0.1, 0.15) is 0 Å². The molecule has 0 atom stereocenters. The normalized spacial score (nSPS) is 12.1. The fourth-order valence-electron chi connectivity index (χ4n) is 3.25. The lowest BCUT2D eigenvalue weighted by atomic mass is 9.86. The molecule has 3 rings (SSSR count). The highest BCUT2D eigenvalue weighted by molar-refractivity contribution is 5.77. The fourth-order valence-corrected chi connectivity index (χ4v) is 3.25. The van der Waals surface area contributed by atoms with E-state index in [0.29, 0.717) is 0 Å². The maximum atomic E-state index is 2.34. The molecule has 1 nitrogen and oxygen atoms in total. The first-order chi connectivity index (χ1) is 12.7. The highest BCUT2D eigenvalue weighted by Crippen LogP contribution is 2.37. The largest absolute Gasteiger partial charge is 0.310 e. The van der Waals surface area contributed by atoms with Crippen molar-refractivity contribution in [2.45, 2.75) is 52.4 Å². The molecule has 0 unspecified atom stereocenters. The Morgan fingerprint density at radius 2 is 1.00 bits per heavy atom. The number of hydrogen-bond donors (Lipinski definition) is 0. The molecule has 0 aliphatic rings. The van der Waals surface area contributed by atoms with Gasteiger partial charge in [-0.2, -0.15) is 0 Å². The summed E-state index contributed by atoms with van der Waals surface area (Å²) >= 11 is 0. The van der Waals surface area contributed by atoms with Crippen molar-refractivity contribution in [1.82, 2.24) is 0 Å². The Morgan fingerprint density at radius 3 is 1.56 bits per heavy atom. The van der Waals surface area contributed by atoms with Crippen molar-refractivity contribution in [2.24, 2.45) is 0 Å². The fraction of sp³-hybridized carbons (Fsp3) is 0.308. The lowest BCUT2D eigenvalue weighted by Crippen LogP contribution is -2.15. The molecular weight excluding hydrogens is 326 g/mol. The van der Waals surface area contributed by atoms with Crippen LogP contribution in [0.3, 0.4) is 0 Å². The number of para-hydroxylation sites is 1. The Kier molecular flexibility index (Phi) is 5.15. The van der Waals surface area contributed by atoms with Gasteiger partial charge in [-0.1, -0.05) is 84.0 Å². The predicted molar refractivity (Wildman–Crippen MR) is 119 cm³/mol. The second-order valence-corrected chi connectivity index (χ2v) is 9.27. The molecular formula is C26H31N. The SMILES string of the molecule is CC(C)(C)c1ccc(N(c2ccccc2)c2cccc(C(C)(C)C)c2)cc1. The van der Waals surface area contributed by atoms with Crippen LogP contribution >= 0.6 is 0 Å². The molecule has 0 aliphatic heterocycles. The van der Waals surface area contributed by atoms with Gasteiger partial charge in [0, 0.05) is 17.1 Å². The lowest BCUT2D eigenvalue weighted by molar-refractivity contribution is 0.590. The molecule has 0 bridgehead atoms. The van der Waals surface area contributed by atoms with Crippen molar-refractivity contribution in [1.29, 1.82) is 0 Å². The topological polar surface area (TPSA) is 3.24 Å². The minimum atomic E-state index is 0.120. The Hall–Kier alpha value is -2.54. The summed E-state index contributed by atoms with van der Waals surface area (Å²) in [5.41, 5.74) is 6.51. The summed E-state index contributed by atoms with van der Waals surface area (Å²) in [6.07, 6.45) is 0. The lowest BCUT2D eigenvalue weighted by Gasteiger charge is -2.28. The van der Waals surface area contributed by atoms with Gasteiger partial charge in [0.25, 0.3) is 0 Å². The van der Waals surface area contributed by atoms with Gasteiger partial charge in [0.15, 0.2) is 0 Å². The molecule has 3 aromatic carbocycles. The van der Waals surface area contributed by atoms with Crippen LogP contribution in [0.1, 0.15) is 52.7 Å². The molecule has 1 heteroatoms. The third-order valence-corrected chi connectivity index (χ3v) is 4.98. The molecule has 0 heterocycles. The van der Waals surface area contributed by atoms with E-state index in [1.165, 1.54) is 28.2 Å². The molecule has 0 saturated carbocycles. The highest BCUT2D eigenvalue weighted by Gasteiger charge is 2.19. The van der Waals surface area contributed by atoms with Crippen molar-refractivity contribution in [3.05, 3.63) is 90.0 Å². The molecule has 0 amide bonds. The van der Waals surface area contributed by atoms with E-state index in [0.717, 1.165) is 0 Å². The van der Waals surface area contributed by atoms with E-state index in [1.807, 2.05) is 0 Å². The smallest absolute Gasteiger partial charge is 0.0464 e. The zero-order valence-corrected chi connectivity index (χ0v) is 17.5. The predicted octanol–water partition coefficient (Wildman–Crippen LogP) is 7.75. The maximum absolute atomic E-state index is 2.34. The van der Waals surface area contributed by atoms with E-state index >= 15 is 0 Å². The Labute approximate surface area is 164 Å². The van der Waals surface area contributed by atoms with Crippen molar-refractivity contribution in [3.8, 4) is 0 Å². The number of nitrogens with zero attached hydrogens (tertiary/aromatic N) is 1. The van der Waals surface area contributed by atoms with Gasteiger partial charge in [0.05, 0.1) is 0 Å². The average molecular weight is 358 g/mol. The van der Waals surface area contributed by atoms with Crippen LogP contribution in [0.15, 0.2) is 78.9 Å². The molecule has 0 fully saturated rings. The second kappa shape index (κ2) is 7.23. The quantitative estimate of drug-likeness (QED) is 0.463. The van der Waals surface area contributed by atoms with Crippen molar-refractivity contribution < 1.29 is 0 Å². The molecule has 0 saturated heterocycles. The molecule has 0 spiro atoms. The molecule has 0 aromatic heterocycles. The standard InChI is InChI=1S/C26H31N/c1-25(2,3)20-15-17-23(18-16-20)27(22-12-8-7-9-13-22)24-14-10-11-21(19-24)26(4,5)6/h7-19H,1-6H3. The molecule has 27 heavy (non-hydrogen) atoms. The van der Waals surface area contributed by atoms with Crippen LogP contribution in [0, 0.1) is 0 Å². The molecule has 3 aromatic rings. The first-order valence-corrected chi connectivity index (χ1v) is 9.72. The van der Waals surface area contributed by atoms with Crippen LogP contribution in [-0.2, 0) is 10.8 Å². The first kappa shape index (κ1) is 19.2. The summed E-state index contributed by atoms with van der Waals surface area (Å²) in [4.78, 5) is 2.34. The van der Waals surface area contributed by atoms with Crippen LogP contribution in [0.5, 0.6) is 0 Å². The summed E-state index contributed by atoms with van der Waals surface area (Å²) in [7, 11) is 0. The second-order valence-electron chi connectivity index (χ2n) is 9.27. The number of benzene rings is 3. The van der Waals surface area contributed by atoms with Crippen molar-refractivity contribution >= 4 is 17.1 Å². The van der Waals surface area contributed by atoms with Gasteiger partial charge in [0.2, 0.25) is 0 Å². The van der Waals surface area contributed by atoms with E-state index in [9.17, 15) is 0 Å². The summed E-state index contributed by atoms with van der Waals surface area (Å²) < 4.78 is 0. The van der Waals surface area contributed by atoms with Gasteiger partial charge < -0.3 is 4.90 Å². The monoisotopic (exact) mass is 357 g/mol. The Morgan fingerprint density at radius 1 is 0.481 bits per heavy atom. The Balaban J connectivity index is 2.11. The first-order valence-electron chi connectivity index (χ1n) is 9.72. The Bertz CT molecular complexity index is 878. The van der Waals surface area contributed by atoms with Crippen LogP contribution in [0.2, 0.25) is 0 Å². The van der Waals surface area contributed by atoms with Gasteiger partial charge >= 0.3 is 0 Å². The van der Waals surface area contributed by atoms with Gasteiger partial charge in [-0.05, 0) is 58.4 Å². The maximum Gasteiger partial charge on any atom is 0.0464 e. The summed E-state index contributed by atoms with van der Waals surface area (Å²) in [6, 6.07) is 28.4. The van der Waals surface area contributed by atoms with Crippen LogP contribution in [0.25, 0.3) is 0 Å². The zero-order chi connectivity index (χ0) is 19.7. The van der Waals surface area contributed by atoms with E-state index in [4.69, 9.17) is 0 Å². The van der Waals surface area contributed by atoms with E-state index in [1.54, 1.807) is 0 Å². The summed E-state index contributed by atoms with van der Waals surface area (Å²) in [5, 5.41) is 0. The van der Waals surface area contributed by atoms with E-state index in [-0.39, 0.29) is 10.8 Å². The summed E-state index contributed by atoms with van der Waals surface area (Å²) in [5.74, 6) is 0. The number of rotatable bonds is 3. The zero-order valence-electron chi connectivity index (χ0n) is 17.5. The molecule has 0 radical (unpaired) electrons. The molecule has 140 valence electrons. The third-order valence-electron chi connectivity index (χ3n) is 4.98. The van der Waals surface area contributed by atoms with Crippen molar-refractivity contribution in [2.75, 3.05) is 4.90 Å². The van der Waals surface area contributed by atoms with Gasteiger partial charge in [-0.3, -0.25) is 0 Å². The van der Waals surface area contributed by atoms with E-state index < -0.39 is 0 Å². The van der Waals surface area contributed by atoms with Crippen LogP contribution in [-0.4, -0.2) is 0 Å². The molecule has 0 aliphatic carbocycles. The minimum absolute atomic E-state index is 0.120. The number of hydrogen-bond acceptors (Lipinski definition) is 1. The minimum Gasteiger partial charge on any atom is -0.310 e. The van der Waals surface area contributed by atoms with E-state index in [2.05, 4.69) is 125 Å². The van der Waals surface area contributed by atoms with Gasteiger partial charge in [-0.15, -0.1) is 0 Å². The third kappa shape index (κ3) is 4.42. The average Bonchev–Trinajstić information content (AvgIpc) is 2.62. The van der Waals surface area contributed by atoms with Gasteiger partial charge in [-0.25, -0.2) is 0 Å². The number of anilines is 3. The molecule has 0 N–H and O–H groups in total. The summed E-state index contributed by atoms with van der Waals surface area (Å²) in [6.45, 7) is 13.5.